The molecule has 1 aromatic rings. The summed E-state index contributed by atoms with van der Waals surface area (Å²) in [5, 5.41) is 3.32. The first-order chi connectivity index (χ1) is 9.75. The molecule has 0 aliphatic carbocycles. The number of carbonyl (C=O) groups is 1. The Morgan fingerprint density at radius 2 is 2.30 bits per heavy atom. The highest BCUT2D eigenvalue weighted by atomic mass is 16.5. The lowest BCUT2D eigenvalue weighted by molar-refractivity contribution is -0.134. The van der Waals surface area contributed by atoms with Crippen LogP contribution < -0.4 is 10.1 Å². The number of hydrogen-bond donors (Lipinski definition) is 1. The Morgan fingerprint density at radius 1 is 1.45 bits per heavy atom. The molecule has 2 heterocycles. The molecule has 1 amide bonds. The Hall–Kier alpha value is -1.55. The third-order valence-corrected chi connectivity index (χ3v) is 4.33. The Balaban J connectivity index is 1.70. The van der Waals surface area contributed by atoms with Gasteiger partial charge in [-0.05, 0) is 30.9 Å². The SMILES string of the molecule is C[C@H]1CNCCN1C(=O)CC1CCOc2ccccc21. The molecule has 20 heavy (non-hydrogen) atoms. The number of piperazine rings is 1. The molecule has 0 radical (unpaired) electrons. The summed E-state index contributed by atoms with van der Waals surface area (Å²) in [7, 11) is 0. The van der Waals surface area contributed by atoms with Crippen LogP contribution in [0.15, 0.2) is 24.3 Å². The number of nitrogens with one attached hydrogen (secondary N) is 1. The molecule has 4 nitrogen and oxygen atoms in total. The van der Waals surface area contributed by atoms with Gasteiger partial charge in [-0.25, -0.2) is 0 Å². The second-order valence-electron chi connectivity index (χ2n) is 5.72. The van der Waals surface area contributed by atoms with E-state index in [1.54, 1.807) is 0 Å². The number of ether oxygens (including phenoxy) is 1. The monoisotopic (exact) mass is 274 g/mol. The minimum atomic E-state index is 0.278. The van der Waals surface area contributed by atoms with E-state index in [0.29, 0.717) is 25.0 Å². The van der Waals surface area contributed by atoms with Gasteiger partial charge in [0.2, 0.25) is 5.91 Å². The summed E-state index contributed by atoms with van der Waals surface area (Å²) in [6, 6.07) is 8.40. The standard InChI is InChI=1S/C16H22N2O2/c1-12-11-17-7-8-18(12)16(19)10-13-6-9-20-15-5-3-2-4-14(13)15/h2-5,12-13,17H,6-11H2,1H3/t12-,13?/m0/s1. The van der Waals surface area contributed by atoms with Gasteiger partial charge < -0.3 is 15.0 Å². The Kier molecular flexibility index (Phi) is 3.92. The topological polar surface area (TPSA) is 41.6 Å². The first-order valence-electron chi connectivity index (χ1n) is 7.47. The fraction of sp³-hybridized carbons (Fsp3) is 0.562. The van der Waals surface area contributed by atoms with Gasteiger partial charge in [0.25, 0.3) is 0 Å². The molecular weight excluding hydrogens is 252 g/mol. The predicted octanol–water partition coefficient (Wildman–Crippen LogP) is 1.76. The maximum absolute atomic E-state index is 12.5. The van der Waals surface area contributed by atoms with Crippen LogP contribution in [-0.2, 0) is 4.79 Å². The average Bonchev–Trinajstić information content (AvgIpc) is 2.48. The summed E-state index contributed by atoms with van der Waals surface area (Å²) in [6.07, 6.45) is 1.54. The molecule has 1 fully saturated rings. The van der Waals surface area contributed by atoms with Gasteiger partial charge >= 0.3 is 0 Å². The van der Waals surface area contributed by atoms with E-state index in [9.17, 15) is 4.79 Å². The lowest BCUT2D eigenvalue weighted by Crippen LogP contribution is -2.52. The molecule has 0 aromatic heterocycles. The third kappa shape index (κ3) is 2.66. The van der Waals surface area contributed by atoms with E-state index in [1.165, 1.54) is 5.56 Å². The molecule has 108 valence electrons. The number of amides is 1. The van der Waals surface area contributed by atoms with Crippen LogP contribution in [0.4, 0.5) is 0 Å². The van der Waals surface area contributed by atoms with Gasteiger partial charge in [-0.2, -0.15) is 0 Å². The van der Waals surface area contributed by atoms with Gasteiger partial charge in [0.05, 0.1) is 6.61 Å². The van der Waals surface area contributed by atoms with Crippen molar-refractivity contribution in [3.8, 4) is 5.75 Å². The molecule has 2 aliphatic heterocycles. The minimum absolute atomic E-state index is 0.278. The van der Waals surface area contributed by atoms with E-state index in [1.807, 2.05) is 23.1 Å². The van der Waals surface area contributed by atoms with Crippen molar-refractivity contribution in [3.05, 3.63) is 29.8 Å². The van der Waals surface area contributed by atoms with Crippen molar-refractivity contribution in [2.45, 2.75) is 31.7 Å². The summed E-state index contributed by atoms with van der Waals surface area (Å²) in [5.74, 6) is 1.53. The number of nitrogens with zero attached hydrogens (tertiary/aromatic N) is 1. The number of rotatable bonds is 2. The summed E-state index contributed by atoms with van der Waals surface area (Å²) >= 11 is 0. The highest BCUT2D eigenvalue weighted by molar-refractivity contribution is 5.77. The molecule has 4 heteroatoms. The maximum Gasteiger partial charge on any atom is 0.223 e. The summed E-state index contributed by atoms with van der Waals surface area (Å²) < 4.78 is 5.67. The fourth-order valence-electron chi connectivity index (χ4n) is 3.17. The normalized spacial score (nSPS) is 25.8. The lowest BCUT2D eigenvalue weighted by atomic mass is 9.89. The van der Waals surface area contributed by atoms with Crippen LogP contribution >= 0.6 is 0 Å². The van der Waals surface area contributed by atoms with Crippen LogP contribution in [0.3, 0.4) is 0 Å². The number of para-hydroxylation sites is 1. The van der Waals surface area contributed by atoms with Crippen LogP contribution in [-0.4, -0.2) is 43.1 Å². The fourth-order valence-corrected chi connectivity index (χ4v) is 3.17. The van der Waals surface area contributed by atoms with E-state index in [-0.39, 0.29) is 5.91 Å². The van der Waals surface area contributed by atoms with Crippen molar-refractivity contribution >= 4 is 5.91 Å². The number of hydrogen-bond acceptors (Lipinski definition) is 3. The van der Waals surface area contributed by atoms with Gasteiger partial charge in [-0.15, -0.1) is 0 Å². The van der Waals surface area contributed by atoms with E-state index in [2.05, 4.69) is 18.3 Å². The third-order valence-electron chi connectivity index (χ3n) is 4.33. The van der Waals surface area contributed by atoms with Crippen molar-refractivity contribution in [1.29, 1.82) is 0 Å². The van der Waals surface area contributed by atoms with Crippen LogP contribution in [0.1, 0.15) is 31.2 Å². The van der Waals surface area contributed by atoms with Crippen molar-refractivity contribution in [2.75, 3.05) is 26.2 Å². The molecule has 1 saturated heterocycles. The number of benzene rings is 1. The smallest absolute Gasteiger partial charge is 0.223 e. The van der Waals surface area contributed by atoms with Crippen LogP contribution in [0, 0.1) is 0 Å². The van der Waals surface area contributed by atoms with Gasteiger partial charge in [0.1, 0.15) is 5.75 Å². The van der Waals surface area contributed by atoms with Crippen molar-refractivity contribution in [1.82, 2.24) is 10.2 Å². The zero-order chi connectivity index (χ0) is 13.9. The highest BCUT2D eigenvalue weighted by Gasteiger charge is 2.28. The van der Waals surface area contributed by atoms with Crippen molar-refractivity contribution in [2.24, 2.45) is 0 Å². The van der Waals surface area contributed by atoms with E-state index < -0.39 is 0 Å². The molecule has 2 atom stereocenters. The van der Waals surface area contributed by atoms with E-state index in [4.69, 9.17) is 4.74 Å². The van der Waals surface area contributed by atoms with Crippen LogP contribution in [0.2, 0.25) is 0 Å². The van der Waals surface area contributed by atoms with Gasteiger partial charge in [0.15, 0.2) is 0 Å². The second-order valence-corrected chi connectivity index (χ2v) is 5.72. The molecular formula is C16H22N2O2. The predicted molar refractivity (Wildman–Crippen MR) is 78.0 cm³/mol. The molecule has 0 saturated carbocycles. The molecule has 0 spiro atoms. The lowest BCUT2D eigenvalue weighted by Gasteiger charge is -2.35. The Bertz CT molecular complexity index is 489. The second kappa shape index (κ2) is 5.83. The average molecular weight is 274 g/mol. The van der Waals surface area contributed by atoms with Crippen molar-refractivity contribution in [3.63, 3.8) is 0 Å². The van der Waals surface area contributed by atoms with Crippen LogP contribution in [0.5, 0.6) is 5.75 Å². The molecule has 1 unspecified atom stereocenters. The Labute approximate surface area is 120 Å². The molecule has 1 aromatic carbocycles. The summed E-state index contributed by atoms with van der Waals surface area (Å²) in [6.45, 7) is 5.45. The zero-order valence-corrected chi connectivity index (χ0v) is 12.0. The summed E-state index contributed by atoms with van der Waals surface area (Å²) in [5.41, 5.74) is 1.19. The quantitative estimate of drug-likeness (QED) is 0.893. The Morgan fingerprint density at radius 3 is 3.15 bits per heavy atom. The molecule has 0 bridgehead atoms. The highest BCUT2D eigenvalue weighted by Crippen LogP contribution is 2.35. The number of fused-ring (bicyclic) bond motifs is 1. The molecule has 3 rings (SSSR count). The van der Waals surface area contributed by atoms with Gasteiger partial charge in [-0.3, -0.25) is 4.79 Å². The van der Waals surface area contributed by atoms with Crippen molar-refractivity contribution < 1.29 is 9.53 Å². The van der Waals surface area contributed by atoms with E-state index >= 15 is 0 Å². The minimum Gasteiger partial charge on any atom is -0.493 e. The number of carbonyl (C=O) groups excluding carboxylic acids is 1. The molecule has 2 aliphatic rings. The summed E-state index contributed by atoms with van der Waals surface area (Å²) in [4.78, 5) is 14.6. The van der Waals surface area contributed by atoms with Gasteiger partial charge in [0, 0.05) is 32.1 Å². The van der Waals surface area contributed by atoms with E-state index in [0.717, 1.165) is 31.8 Å². The largest absolute Gasteiger partial charge is 0.493 e. The maximum atomic E-state index is 12.5. The van der Waals surface area contributed by atoms with Crippen LogP contribution in [0.25, 0.3) is 0 Å². The zero-order valence-electron chi connectivity index (χ0n) is 12.0. The van der Waals surface area contributed by atoms with Gasteiger partial charge in [-0.1, -0.05) is 18.2 Å². The first-order valence-corrected chi connectivity index (χ1v) is 7.47. The first kappa shape index (κ1) is 13.4. The molecule has 1 N–H and O–H groups in total.